The Kier molecular flexibility index (Phi) is 7.94. The van der Waals surface area contributed by atoms with E-state index in [2.05, 4.69) is 10.3 Å². The number of carbonyl (C=O) groups is 2. The van der Waals surface area contributed by atoms with Crippen LogP contribution in [0, 0.1) is 11.5 Å². The number of nitrogens with zero attached hydrogens (tertiary/aromatic N) is 4. The fourth-order valence-corrected chi connectivity index (χ4v) is 6.63. The van der Waals surface area contributed by atoms with Gasteiger partial charge in [-0.25, -0.2) is 0 Å². The molecule has 0 bridgehead atoms. The average molecular weight is 626 g/mol. The molecule has 1 saturated carbocycles. The Balaban J connectivity index is 1.90. The number of benzene rings is 1. The SMILES string of the molecule is N#CN1CCCC1C(=O)N(c1c(Cl)cc(S(F)(F)(F)(F)F)cc1Cl)C(C(=O)NC1CCCCC1)c1cccnc1. The van der Waals surface area contributed by atoms with Crippen LogP contribution in [-0.2, 0) is 9.59 Å². The first kappa shape index (κ1) is 30.1. The number of nitriles is 1. The third kappa shape index (κ3) is 6.56. The van der Waals surface area contributed by atoms with Gasteiger partial charge in [0.05, 0.1) is 15.7 Å². The smallest absolute Gasteiger partial charge is 0.310 e. The van der Waals surface area contributed by atoms with Crippen molar-refractivity contribution in [3.05, 3.63) is 52.3 Å². The van der Waals surface area contributed by atoms with E-state index in [1.807, 2.05) is 6.19 Å². The molecule has 1 aromatic heterocycles. The Bertz CT molecular complexity index is 1320. The molecule has 40 heavy (non-hydrogen) atoms. The summed E-state index contributed by atoms with van der Waals surface area (Å²) in [5.74, 6) is -1.53. The summed E-state index contributed by atoms with van der Waals surface area (Å²) >= 11 is 12.4. The lowest BCUT2D eigenvalue weighted by Gasteiger charge is -2.41. The van der Waals surface area contributed by atoms with Gasteiger partial charge < -0.3 is 5.32 Å². The summed E-state index contributed by atoms with van der Waals surface area (Å²) in [6.07, 6.45) is 9.39. The van der Waals surface area contributed by atoms with E-state index in [1.54, 1.807) is 0 Å². The molecule has 7 nitrogen and oxygen atoms in total. The zero-order chi connectivity index (χ0) is 29.4. The Morgan fingerprint density at radius 3 is 2.27 bits per heavy atom. The Morgan fingerprint density at radius 1 is 1.07 bits per heavy atom. The molecule has 2 heterocycles. The first-order valence-corrected chi connectivity index (χ1v) is 15.2. The molecule has 1 aliphatic carbocycles. The fraction of sp³-hybridized carbons (Fsp3) is 0.440. The van der Waals surface area contributed by atoms with Gasteiger partial charge in [-0.3, -0.25) is 24.4 Å². The van der Waals surface area contributed by atoms with Crippen LogP contribution < -0.4 is 10.2 Å². The second-order valence-electron chi connectivity index (χ2n) is 9.90. The van der Waals surface area contributed by atoms with Crippen molar-refractivity contribution in [2.75, 3.05) is 11.4 Å². The summed E-state index contributed by atoms with van der Waals surface area (Å²) in [5, 5.41) is 10.7. The number of halogens is 7. The van der Waals surface area contributed by atoms with Gasteiger partial charge in [0.2, 0.25) is 5.91 Å². The molecule has 1 aromatic carbocycles. The van der Waals surface area contributed by atoms with Crippen LogP contribution in [0.25, 0.3) is 0 Å². The summed E-state index contributed by atoms with van der Waals surface area (Å²) in [5.41, 5.74) is -0.383. The van der Waals surface area contributed by atoms with Gasteiger partial charge in [0.1, 0.15) is 17.0 Å². The van der Waals surface area contributed by atoms with Crippen LogP contribution in [0.2, 0.25) is 10.0 Å². The maximum Gasteiger partial charge on any atom is 0.310 e. The number of rotatable bonds is 7. The summed E-state index contributed by atoms with van der Waals surface area (Å²) < 4.78 is 68.2. The van der Waals surface area contributed by atoms with Crippen molar-refractivity contribution < 1.29 is 29.0 Å². The summed E-state index contributed by atoms with van der Waals surface area (Å²) in [4.78, 5) is 31.6. The van der Waals surface area contributed by atoms with Crippen LogP contribution in [0.4, 0.5) is 25.1 Å². The van der Waals surface area contributed by atoms with Gasteiger partial charge >= 0.3 is 10.2 Å². The fourth-order valence-electron chi connectivity index (χ4n) is 5.15. The molecule has 1 N–H and O–H groups in total. The number of hydrogen-bond acceptors (Lipinski definition) is 5. The number of likely N-dealkylation sites (tertiary alicyclic amines) is 1. The van der Waals surface area contributed by atoms with Crippen molar-refractivity contribution in [2.45, 2.75) is 68.0 Å². The van der Waals surface area contributed by atoms with Crippen molar-refractivity contribution >= 4 is 50.9 Å². The minimum absolute atomic E-state index is 0.000652. The lowest BCUT2D eigenvalue weighted by molar-refractivity contribution is -0.128. The molecule has 2 unspecified atom stereocenters. The Hall–Kier alpha value is -2.82. The molecule has 0 spiro atoms. The number of aromatic nitrogens is 1. The second kappa shape index (κ2) is 10.5. The first-order chi connectivity index (χ1) is 18.6. The predicted octanol–water partition coefficient (Wildman–Crippen LogP) is 7.51. The molecule has 2 fully saturated rings. The van der Waals surface area contributed by atoms with E-state index in [-0.39, 0.29) is 36.7 Å². The van der Waals surface area contributed by atoms with Crippen LogP contribution in [0.1, 0.15) is 56.6 Å². The zero-order valence-corrected chi connectivity index (χ0v) is 23.3. The van der Waals surface area contributed by atoms with Crippen LogP contribution in [0.15, 0.2) is 41.6 Å². The van der Waals surface area contributed by atoms with Crippen molar-refractivity contribution in [3.63, 3.8) is 0 Å². The molecular formula is C25H26Cl2F5N5O2S. The van der Waals surface area contributed by atoms with Gasteiger partial charge in [0, 0.05) is 30.5 Å². The largest absolute Gasteiger partial charge is 0.351 e. The number of carbonyl (C=O) groups excluding carboxylic acids is 2. The number of hydrogen-bond donors (Lipinski definition) is 1. The monoisotopic (exact) mass is 625 g/mol. The second-order valence-corrected chi connectivity index (χ2v) is 13.1. The summed E-state index contributed by atoms with van der Waals surface area (Å²) in [6.45, 7) is 0.233. The summed E-state index contributed by atoms with van der Waals surface area (Å²) in [7, 11) is -10.2. The molecule has 218 valence electrons. The zero-order valence-electron chi connectivity index (χ0n) is 21.0. The number of pyridine rings is 1. The third-order valence-electron chi connectivity index (χ3n) is 7.04. The van der Waals surface area contributed by atoms with E-state index >= 15 is 0 Å². The van der Waals surface area contributed by atoms with E-state index in [0.717, 1.165) is 24.2 Å². The Morgan fingerprint density at radius 2 is 1.73 bits per heavy atom. The number of anilines is 1. The topological polar surface area (TPSA) is 89.3 Å². The van der Waals surface area contributed by atoms with E-state index in [4.69, 9.17) is 23.2 Å². The van der Waals surface area contributed by atoms with Gasteiger partial charge in [-0.1, -0.05) is 68.0 Å². The van der Waals surface area contributed by atoms with Gasteiger partial charge in [0.15, 0.2) is 6.19 Å². The minimum Gasteiger partial charge on any atom is -0.351 e. The van der Waals surface area contributed by atoms with Gasteiger partial charge in [0.25, 0.3) is 5.91 Å². The van der Waals surface area contributed by atoms with Crippen molar-refractivity contribution in [3.8, 4) is 6.19 Å². The van der Waals surface area contributed by atoms with Crippen LogP contribution in [0.5, 0.6) is 0 Å². The molecule has 4 rings (SSSR count). The lowest BCUT2D eigenvalue weighted by atomic mass is 9.94. The van der Waals surface area contributed by atoms with E-state index in [1.165, 1.54) is 29.4 Å². The van der Waals surface area contributed by atoms with Crippen molar-refractivity contribution in [2.24, 2.45) is 0 Å². The molecular weight excluding hydrogens is 600 g/mol. The molecule has 1 saturated heterocycles. The number of amides is 2. The molecule has 1 aliphatic heterocycles. The predicted molar refractivity (Wildman–Crippen MR) is 143 cm³/mol. The van der Waals surface area contributed by atoms with Gasteiger partial charge in [-0.05, 0) is 43.9 Å². The number of nitrogens with one attached hydrogen (secondary N) is 1. The van der Waals surface area contributed by atoms with Crippen LogP contribution >= 0.6 is 33.4 Å². The van der Waals surface area contributed by atoms with Crippen molar-refractivity contribution in [1.29, 1.82) is 5.26 Å². The third-order valence-corrected chi connectivity index (χ3v) is 8.74. The Labute approximate surface area is 237 Å². The maximum absolute atomic E-state index is 14.1. The van der Waals surface area contributed by atoms with E-state index < -0.39 is 54.8 Å². The van der Waals surface area contributed by atoms with E-state index in [9.17, 15) is 34.3 Å². The first-order valence-electron chi connectivity index (χ1n) is 12.5. The van der Waals surface area contributed by atoms with Crippen LogP contribution in [-0.4, -0.2) is 40.3 Å². The summed E-state index contributed by atoms with van der Waals surface area (Å²) in [6, 6.07) is 0.137. The molecule has 0 radical (unpaired) electrons. The standard InChI is InChI=1S/C25H26Cl2F5N5O2S/c26-19-12-18(40(28,29,30,31)32)13-20(27)23(19)37(25(39)21-9-5-11-36(21)15-33)22(16-6-4-10-34-14-16)24(38)35-17-7-2-1-3-8-17/h4,6,10,12-14,17,21-22H,1-3,5,7-9,11H2,(H,35,38). The highest BCUT2D eigenvalue weighted by Gasteiger charge is 2.66. The lowest BCUT2D eigenvalue weighted by Crippen LogP contribution is -2.52. The quantitative estimate of drug-likeness (QED) is 0.254. The van der Waals surface area contributed by atoms with Gasteiger partial charge in [-0.2, -0.15) is 5.26 Å². The molecule has 2 aromatic rings. The highest BCUT2D eigenvalue weighted by atomic mass is 35.5. The average Bonchev–Trinajstić information content (AvgIpc) is 3.36. The highest BCUT2D eigenvalue weighted by molar-refractivity contribution is 8.45. The minimum atomic E-state index is -10.2. The van der Waals surface area contributed by atoms with Crippen molar-refractivity contribution in [1.82, 2.24) is 15.2 Å². The van der Waals surface area contributed by atoms with Crippen LogP contribution in [0.3, 0.4) is 0 Å². The highest BCUT2D eigenvalue weighted by Crippen LogP contribution is 3.02. The normalized spacial score (nSPS) is 20.6. The molecule has 2 aliphatic rings. The molecule has 15 heteroatoms. The maximum atomic E-state index is 14.1. The molecule has 2 amide bonds. The van der Waals surface area contributed by atoms with Gasteiger partial charge in [-0.15, -0.1) is 0 Å². The van der Waals surface area contributed by atoms with E-state index in [0.29, 0.717) is 19.3 Å². The molecule has 2 atom stereocenters.